The highest BCUT2D eigenvalue weighted by Crippen LogP contribution is 2.35. The third-order valence-electron chi connectivity index (χ3n) is 2.73. The summed E-state index contributed by atoms with van der Waals surface area (Å²) in [4.78, 5) is 5.38. The minimum absolute atomic E-state index is 0.267. The molecular weight excluding hydrogens is 208 g/mol. The monoisotopic (exact) mass is 226 g/mol. The number of nitrogens with one attached hydrogen (secondary N) is 1. The van der Waals surface area contributed by atoms with Crippen LogP contribution in [-0.4, -0.2) is 24.2 Å². The molecule has 15 heavy (non-hydrogen) atoms. The predicted molar refractivity (Wildman–Crippen MR) is 62.1 cm³/mol. The van der Waals surface area contributed by atoms with E-state index in [1.807, 2.05) is 11.7 Å². The van der Waals surface area contributed by atoms with Gasteiger partial charge in [-0.25, -0.2) is 0 Å². The number of thiazole rings is 1. The zero-order valence-corrected chi connectivity index (χ0v) is 10.1. The quantitative estimate of drug-likeness (QED) is 0.855. The summed E-state index contributed by atoms with van der Waals surface area (Å²) in [7, 11) is 0. The van der Waals surface area contributed by atoms with Crippen LogP contribution >= 0.6 is 11.3 Å². The van der Waals surface area contributed by atoms with Crippen molar-refractivity contribution in [2.75, 3.05) is 13.2 Å². The largest absolute Gasteiger partial charge is 0.372 e. The van der Waals surface area contributed by atoms with Crippen molar-refractivity contribution >= 4 is 11.3 Å². The maximum absolute atomic E-state index is 5.77. The van der Waals surface area contributed by atoms with Gasteiger partial charge in [0.15, 0.2) is 0 Å². The van der Waals surface area contributed by atoms with E-state index < -0.39 is 0 Å². The Labute approximate surface area is 94.9 Å². The molecule has 4 heteroatoms. The molecule has 1 aromatic rings. The maximum atomic E-state index is 5.77. The van der Waals surface area contributed by atoms with E-state index in [0.717, 1.165) is 19.6 Å². The minimum atomic E-state index is 0.267. The van der Waals surface area contributed by atoms with Gasteiger partial charge in [0.1, 0.15) is 0 Å². The number of hydrogen-bond acceptors (Lipinski definition) is 4. The van der Waals surface area contributed by atoms with Crippen molar-refractivity contribution < 1.29 is 4.74 Å². The summed E-state index contributed by atoms with van der Waals surface area (Å²) in [6.45, 7) is 6.28. The van der Waals surface area contributed by atoms with Crippen molar-refractivity contribution in [2.24, 2.45) is 5.92 Å². The minimum Gasteiger partial charge on any atom is -0.372 e. The summed E-state index contributed by atoms with van der Waals surface area (Å²) in [5.74, 6) is 0.604. The molecule has 0 spiro atoms. The van der Waals surface area contributed by atoms with Gasteiger partial charge in [0, 0.05) is 31.3 Å². The first kappa shape index (κ1) is 11.0. The van der Waals surface area contributed by atoms with Crippen molar-refractivity contribution in [3.05, 3.63) is 16.6 Å². The van der Waals surface area contributed by atoms with Gasteiger partial charge < -0.3 is 10.1 Å². The average molecular weight is 226 g/mol. The molecule has 2 heterocycles. The summed E-state index contributed by atoms with van der Waals surface area (Å²) in [5, 5.41) is 3.48. The van der Waals surface area contributed by atoms with Crippen molar-refractivity contribution in [1.82, 2.24) is 10.3 Å². The molecule has 2 atom stereocenters. The molecule has 1 aliphatic heterocycles. The van der Waals surface area contributed by atoms with E-state index in [9.17, 15) is 0 Å². The van der Waals surface area contributed by atoms with E-state index >= 15 is 0 Å². The van der Waals surface area contributed by atoms with Crippen LogP contribution in [0, 0.1) is 5.92 Å². The number of aromatic nitrogens is 1. The number of hydrogen-bond donors (Lipinski definition) is 1. The zero-order valence-electron chi connectivity index (χ0n) is 9.27. The van der Waals surface area contributed by atoms with E-state index in [2.05, 4.69) is 24.1 Å². The molecule has 1 N–H and O–H groups in total. The Morgan fingerprint density at radius 2 is 2.53 bits per heavy atom. The lowest BCUT2D eigenvalue weighted by molar-refractivity contribution is 0.0927. The molecule has 1 fully saturated rings. The van der Waals surface area contributed by atoms with E-state index in [1.165, 1.54) is 4.88 Å². The van der Waals surface area contributed by atoms with Crippen LogP contribution in [0.25, 0.3) is 0 Å². The van der Waals surface area contributed by atoms with Crippen LogP contribution in [0.15, 0.2) is 11.7 Å². The third kappa shape index (κ3) is 2.77. The fraction of sp³-hybridized carbons (Fsp3) is 0.727. The topological polar surface area (TPSA) is 34.1 Å². The number of nitrogens with zero attached hydrogens (tertiary/aromatic N) is 1. The van der Waals surface area contributed by atoms with E-state index in [-0.39, 0.29) is 6.10 Å². The first-order valence-corrected chi connectivity index (χ1v) is 6.38. The Morgan fingerprint density at radius 3 is 3.20 bits per heavy atom. The highest BCUT2D eigenvalue weighted by molar-refractivity contribution is 7.09. The number of ether oxygens (including phenoxy) is 1. The van der Waals surface area contributed by atoms with Crippen LogP contribution in [0.4, 0.5) is 0 Å². The Bertz CT molecular complexity index is 287. The van der Waals surface area contributed by atoms with Crippen LogP contribution in [0.3, 0.4) is 0 Å². The molecule has 1 aromatic heterocycles. The third-order valence-corrected chi connectivity index (χ3v) is 3.57. The first-order valence-electron chi connectivity index (χ1n) is 5.50. The second-order valence-corrected chi connectivity index (χ2v) is 5.22. The molecule has 0 amide bonds. The maximum Gasteiger partial charge on any atom is 0.0973 e. The molecule has 2 rings (SSSR count). The summed E-state index contributed by atoms with van der Waals surface area (Å²) < 4.78 is 5.77. The molecule has 84 valence electrons. The second kappa shape index (κ2) is 5.05. The first-order chi connectivity index (χ1) is 7.27. The average Bonchev–Trinajstić information content (AvgIpc) is 2.85. The van der Waals surface area contributed by atoms with Crippen molar-refractivity contribution in [2.45, 2.75) is 32.4 Å². The summed E-state index contributed by atoms with van der Waals surface area (Å²) in [6.07, 6.45) is 3.36. The summed E-state index contributed by atoms with van der Waals surface area (Å²) in [6, 6.07) is 0.549. The van der Waals surface area contributed by atoms with Crippen LogP contribution in [0.5, 0.6) is 0 Å². The Hall–Kier alpha value is -0.450. The molecule has 0 bridgehead atoms. The van der Waals surface area contributed by atoms with Gasteiger partial charge in [-0.15, -0.1) is 11.3 Å². The van der Waals surface area contributed by atoms with Gasteiger partial charge in [0.2, 0.25) is 0 Å². The van der Waals surface area contributed by atoms with Crippen molar-refractivity contribution in [3.8, 4) is 0 Å². The van der Waals surface area contributed by atoms with Crippen LogP contribution < -0.4 is 5.32 Å². The second-order valence-electron chi connectivity index (χ2n) is 4.31. The lowest BCUT2D eigenvalue weighted by Gasteiger charge is -2.18. The molecule has 0 radical (unpaired) electrons. The summed E-state index contributed by atoms with van der Waals surface area (Å²) in [5.41, 5.74) is 1.88. The van der Waals surface area contributed by atoms with Gasteiger partial charge in [0.25, 0.3) is 0 Å². The van der Waals surface area contributed by atoms with Crippen LogP contribution in [-0.2, 0) is 4.74 Å². The molecule has 0 aromatic carbocycles. The van der Waals surface area contributed by atoms with Crippen LogP contribution in [0.1, 0.15) is 31.2 Å². The fourth-order valence-electron chi connectivity index (χ4n) is 1.91. The van der Waals surface area contributed by atoms with E-state index in [1.54, 1.807) is 11.3 Å². The van der Waals surface area contributed by atoms with Gasteiger partial charge in [0.05, 0.1) is 16.5 Å². The Kier molecular flexibility index (Phi) is 3.72. The van der Waals surface area contributed by atoms with E-state index in [4.69, 9.17) is 4.74 Å². The lowest BCUT2D eigenvalue weighted by Crippen LogP contribution is -2.30. The molecule has 1 aliphatic rings. The van der Waals surface area contributed by atoms with Gasteiger partial charge in [-0.3, -0.25) is 4.98 Å². The van der Waals surface area contributed by atoms with Crippen LogP contribution in [0.2, 0.25) is 0 Å². The Balaban J connectivity index is 1.93. The molecule has 0 aliphatic carbocycles. The SMILES string of the molecule is CC(C)NCC1CCOC1c1cncs1. The highest BCUT2D eigenvalue weighted by atomic mass is 32.1. The van der Waals surface area contributed by atoms with Gasteiger partial charge in [-0.1, -0.05) is 13.8 Å². The van der Waals surface area contributed by atoms with Crippen molar-refractivity contribution in [1.29, 1.82) is 0 Å². The van der Waals surface area contributed by atoms with Crippen molar-refractivity contribution in [3.63, 3.8) is 0 Å². The van der Waals surface area contributed by atoms with Gasteiger partial charge >= 0.3 is 0 Å². The standard InChI is InChI=1S/C11H18N2OS/c1-8(2)13-5-9-3-4-14-11(9)10-6-12-7-15-10/h6-9,11,13H,3-5H2,1-2H3. The van der Waals surface area contributed by atoms with E-state index in [0.29, 0.717) is 12.0 Å². The molecule has 3 nitrogen and oxygen atoms in total. The zero-order chi connectivity index (χ0) is 10.7. The van der Waals surface area contributed by atoms with Gasteiger partial charge in [-0.05, 0) is 6.42 Å². The van der Waals surface area contributed by atoms with Gasteiger partial charge in [-0.2, -0.15) is 0 Å². The lowest BCUT2D eigenvalue weighted by atomic mass is 10.0. The fourth-order valence-corrected chi connectivity index (χ4v) is 2.67. The normalized spacial score (nSPS) is 26.3. The molecular formula is C11H18N2OS. The highest BCUT2D eigenvalue weighted by Gasteiger charge is 2.30. The molecule has 2 unspecified atom stereocenters. The number of rotatable bonds is 4. The Morgan fingerprint density at radius 1 is 1.67 bits per heavy atom. The molecule has 0 saturated carbocycles. The summed E-state index contributed by atoms with van der Waals surface area (Å²) >= 11 is 1.69. The smallest absolute Gasteiger partial charge is 0.0973 e. The molecule has 1 saturated heterocycles. The predicted octanol–water partition coefficient (Wildman–Crippen LogP) is 2.22.